The highest BCUT2D eigenvalue weighted by atomic mass is 35.5. The van der Waals surface area contributed by atoms with E-state index in [1.807, 2.05) is 31.2 Å². The first-order chi connectivity index (χ1) is 9.56. The predicted molar refractivity (Wildman–Crippen MR) is 79.4 cm³/mol. The second-order valence-corrected chi connectivity index (χ2v) is 5.39. The molecule has 0 radical (unpaired) electrons. The van der Waals surface area contributed by atoms with E-state index in [4.69, 9.17) is 22.1 Å². The normalized spacial score (nSPS) is 17.5. The van der Waals surface area contributed by atoms with Crippen molar-refractivity contribution in [2.45, 2.75) is 19.4 Å². The van der Waals surface area contributed by atoms with Crippen LogP contribution in [-0.2, 0) is 0 Å². The van der Waals surface area contributed by atoms with Crippen molar-refractivity contribution >= 4 is 23.1 Å². The molecule has 2 N–H and O–H groups in total. The lowest BCUT2D eigenvalue weighted by Crippen LogP contribution is -2.21. The van der Waals surface area contributed by atoms with Gasteiger partial charge in [-0.15, -0.1) is 0 Å². The van der Waals surface area contributed by atoms with Crippen molar-refractivity contribution in [2.24, 2.45) is 0 Å². The number of hydrogen-bond acceptors (Lipinski definition) is 3. The molecule has 0 bridgehead atoms. The number of carbonyl (C=O) groups is 1. The molecule has 2 aromatic carbocycles. The lowest BCUT2D eigenvalue weighted by atomic mass is 9.94. The van der Waals surface area contributed by atoms with Gasteiger partial charge in [-0.1, -0.05) is 29.8 Å². The molecule has 2 aromatic rings. The minimum absolute atomic E-state index is 0.0339. The average Bonchev–Trinajstić information content (AvgIpc) is 2.40. The van der Waals surface area contributed by atoms with Crippen molar-refractivity contribution in [3.05, 3.63) is 58.1 Å². The Hall–Kier alpha value is -2.00. The van der Waals surface area contributed by atoms with Gasteiger partial charge in [0, 0.05) is 10.6 Å². The van der Waals surface area contributed by atoms with Gasteiger partial charge in [0.15, 0.2) is 11.5 Å². The average molecular weight is 288 g/mol. The number of nitrogen functional groups attached to an aromatic ring is 1. The smallest absolute Gasteiger partial charge is 0.170 e. The molecule has 1 aliphatic rings. The quantitative estimate of drug-likeness (QED) is 0.808. The lowest BCUT2D eigenvalue weighted by Gasteiger charge is -2.27. The Labute approximate surface area is 122 Å². The molecule has 20 heavy (non-hydrogen) atoms. The van der Waals surface area contributed by atoms with Gasteiger partial charge in [0.2, 0.25) is 0 Å². The van der Waals surface area contributed by atoms with Crippen molar-refractivity contribution in [1.29, 1.82) is 0 Å². The van der Waals surface area contributed by atoms with Crippen LogP contribution in [0.15, 0.2) is 36.4 Å². The molecule has 0 saturated carbocycles. The Balaban J connectivity index is 2.05. The summed E-state index contributed by atoms with van der Waals surface area (Å²) >= 11 is 6.17. The SMILES string of the molecule is Cc1cc(N)c2c(c1)C(=O)CC(c1ccccc1Cl)O2. The van der Waals surface area contributed by atoms with Crippen LogP contribution in [0.2, 0.25) is 5.02 Å². The van der Waals surface area contributed by atoms with Crippen LogP contribution in [0.1, 0.15) is 34.0 Å². The summed E-state index contributed by atoms with van der Waals surface area (Å²) < 4.78 is 5.92. The van der Waals surface area contributed by atoms with Crippen molar-refractivity contribution < 1.29 is 9.53 Å². The molecular weight excluding hydrogens is 274 g/mol. The largest absolute Gasteiger partial charge is 0.482 e. The summed E-state index contributed by atoms with van der Waals surface area (Å²) in [4.78, 5) is 12.3. The first kappa shape index (κ1) is 13.0. The Morgan fingerprint density at radius 1 is 1.30 bits per heavy atom. The number of carbonyl (C=O) groups excluding carboxylic acids is 1. The number of rotatable bonds is 1. The summed E-state index contributed by atoms with van der Waals surface area (Å²) in [6, 6.07) is 11.0. The third-order valence-corrected chi connectivity index (χ3v) is 3.79. The molecule has 1 atom stereocenters. The van der Waals surface area contributed by atoms with Crippen molar-refractivity contribution in [3.8, 4) is 5.75 Å². The molecule has 0 saturated heterocycles. The summed E-state index contributed by atoms with van der Waals surface area (Å²) in [5.41, 5.74) is 8.79. The van der Waals surface area contributed by atoms with E-state index in [-0.39, 0.29) is 18.3 Å². The fraction of sp³-hybridized carbons (Fsp3) is 0.188. The van der Waals surface area contributed by atoms with Crippen molar-refractivity contribution in [3.63, 3.8) is 0 Å². The van der Waals surface area contributed by atoms with Crippen LogP contribution in [0.3, 0.4) is 0 Å². The second kappa shape index (κ2) is 4.84. The molecular formula is C16H14ClNO2. The maximum absolute atomic E-state index is 12.3. The van der Waals surface area contributed by atoms with Crippen LogP contribution < -0.4 is 10.5 Å². The van der Waals surface area contributed by atoms with Crippen molar-refractivity contribution in [1.82, 2.24) is 0 Å². The Bertz CT molecular complexity index is 697. The maximum Gasteiger partial charge on any atom is 0.170 e. The maximum atomic E-state index is 12.3. The summed E-state index contributed by atoms with van der Waals surface area (Å²) in [6.45, 7) is 1.91. The number of benzene rings is 2. The molecule has 3 nitrogen and oxygen atoms in total. The fourth-order valence-corrected chi connectivity index (χ4v) is 2.77. The molecule has 0 aliphatic carbocycles. The van der Waals surface area contributed by atoms with E-state index in [1.54, 1.807) is 12.1 Å². The van der Waals surface area contributed by atoms with Gasteiger partial charge in [-0.05, 0) is 30.7 Å². The zero-order valence-electron chi connectivity index (χ0n) is 11.0. The van der Waals surface area contributed by atoms with Gasteiger partial charge in [-0.2, -0.15) is 0 Å². The number of fused-ring (bicyclic) bond motifs is 1. The molecule has 0 fully saturated rings. The number of nitrogens with two attached hydrogens (primary N) is 1. The van der Waals surface area contributed by atoms with Gasteiger partial charge < -0.3 is 10.5 Å². The lowest BCUT2D eigenvalue weighted by molar-refractivity contribution is 0.0851. The fourth-order valence-electron chi connectivity index (χ4n) is 2.51. The predicted octanol–water partition coefficient (Wildman–Crippen LogP) is 3.94. The highest BCUT2D eigenvalue weighted by Crippen LogP contribution is 2.40. The van der Waals surface area contributed by atoms with E-state index in [0.717, 1.165) is 11.1 Å². The zero-order chi connectivity index (χ0) is 14.3. The van der Waals surface area contributed by atoms with Gasteiger partial charge in [-0.25, -0.2) is 0 Å². The van der Waals surface area contributed by atoms with Gasteiger partial charge in [0.05, 0.1) is 17.7 Å². The van der Waals surface area contributed by atoms with E-state index in [9.17, 15) is 4.79 Å². The van der Waals surface area contributed by atoms with E-state index in [2.05, 4.69) is 0 Å². The molecule has 4 heteroatoms. The van der Waals surface area contributed by atoms with Crippen LogP contribution in [0.5, 0.6) is 5.75 Å². The number of ether oxygens (including phenoxy) is 1. The Morgan fingerprint density at radius 3 is 2.80 bits per heavy atom. The van der Waals surface area contributed by atoms with E-state index >= 15 is 0 Å². The number of halogens is 1. The van der Waals surface area contributed by atoms with Crippen molar-refractivity contribution in [2.75, 3.05) is 5.73 Å². The third kappa shape index (κ3) is 2.14. The Kier molecular flexibility index (Phi) is 3.14. The number of Topliss-reactive ketones (excluding diaryl/α,β-unsaturated/α-hetero) is 1. The van der Waals surface area contributed by atoms with E-state index in [0.29, 0.717) is 22.0 Å². The number of ketones is 1. The molecule has 0 spiro atoms. The minimum Gasteiger partial charge on any atom is -0.482 e. The van der Waals surface area contributed by atoms with Crippen LogP contribution in [-0.4, -0.2) is 5.78 Å². The first-order valence-corrected chi connectivity index (χ1v) is 6.78. The van der Waals surface area contributed by atoms with E-state index < -0.39 is 0 Å². The zero-order valence-corrected chi connectivity index (χ0v) is 11.8. The number of aryl methyl sites for hydroxylation is 1. The highest BCUT2D eigenvalue weighted by molar-refractivity contribution is 6.31. The molecule has 1 heterocycles. The summed E-state index contributed by atoms with van der Waals surface area (Å²) in [6.07, 6.45) is -0.103. The van der Waals surface area contributed by atoms with Gasteiger partial charge >= 0.3 is 0 Å². The third-order valence-electron chi connectivity index (χ3n) is 3.45. The van der Waals surface area contributed by atoms with Gasteiger partial charge in [0.1, 0.15) is 6.10 Å². The summed E-state index contributed by atoms with van der Waals surface area (Å²) in [5, 5.41) is 0.597. The van der Waals surface area contributed by atoms with E-state index in [1.165, 1.54) is 0 Å². The van der Waals surface area contributed by atoms with Crippen LogP contribution in [0.25, 0.3) is 0 Å². The van der Waals surface area contributed by atoms with Crippen LogP contribution >= 0.6 is 11.6 Å². The standard InChI is InChI=1S/C16H14ClNO2/c1-9-6-11-14(19)8-15(20-16(11)13(18)7-9)10-4-2-3-5-12(10)17/h2-7,15H,8,18H2,1H3. The van der Waals surface area contributed by atoms with Crippen LogP contribution in [0, 0.1) is 6.92 Å². The number of anilines is 1. The van der Waals surface area contributed by atoms with Crippen LogP contribution in [0.4, 0.5) is 5.69 Å². The molecule has 1 unspecified atom stereocenters. The van der Waals surface area contributed by atoms with Gasteiger partial charge in [0.25, 0.3) is 0 Å². The molecule has 1 aliphatic heterocycles. The second-order valence-electron chi connectivity index (χ2n) is 4.99. The monoisotopic (exact) mass is 287 g/mol. The summed E-state index contributed by atoms with van der Waals surface area (Å²) in [5.74, 6) is 0.503. The number of hydrogen-bond donors (Lipinski definition) is 1. The first-order valence-electron chi connectivity index (χ1n) is 6.40. The summed E-state index contributed by atoms with van der Waals surface area (Å²) in [7, 11) is 0. The molecule has 102 valence electrons. The highest BCUT2D eigenvalue weighted by Gasteiger charge is 2.30. The topological polar surface area (TPSA) is 52.3 Å². The Morgan fingerprint density at radius 2 is 2.05 bits per heavy atom. The molecule has 0 aromatic heterocycles. The minimum atomic E-state index is -0.381. The van der Waals surface area contributed by atoms with Gasteiger partial charge in [-0.3, -0.25) is 4.79 Å². The molecule has 0 amide bonds. The molecule has 3 rings (SSSR count).